The predicted molar refractivity (Wildman–Crippen MR) is 115 cm³/mol. The molecule has 1 aliphatic heterocycles. The Bertz CT molecular complexity index is 1310. The summed E-state index contributed by atoms with van der Waals surface area (Å²) < 4.78 is 29.2. The number of aromatic nitrogens is 6. The highest BCUT2D eigenvalue weighted by Gasteiger charge is 2.24. The minimum absolute atomic E-state index is 0.0651. The van der Waals surface area contributed by atoms with Crippen molar-refractivity contribution in [3.05, 3.63) is 36.4 Å². The largest absolute Gasteiger partial charge is 0.348 e. The van der Waals surface area contributed by atoms with Crippen LogP contribution in [-0.4, -0.2) is 65.5 Å². The fourth-order valence-electron chi connectivity index (χ4n) is 4.15. The molecule has 9 nitrogen and oxygen atoms in total. The van der Waals surface area contributed by atoms with Gasteiger partial charge >= 0.3 is 0 Å². The lowest BCUT2D eigenvalue weighted by Gasteiger charge is -2.15. The SMILES string of the molecule is CC(=O)N1CC[C@H](Nc2ncc3c(-c4ccc5nc(C)n(CC(F)F)c5n4)ccn3n2)C1. The summed E-state index contributed by atoms with van der Waals surface area (Å²) in [4.78, 5) is 26.7. The number of anilines is 1. The average molecular weight is 440 g/mol. The average Bonchev–Trinajstić information content (AvgIpc) is 3.45. The zero-order chi connectivity index (χ0) is 22.4. The highest BCUT2D eigenvalue weighted by molar-refractivity contribution is 5.82. The fraction of sp³-hybridized carbons (Fsp3) is 0.381. The Labute approximate surface area is 182 Å². The Morgan fingerprint density at radius 1 is 1.28 bits per heavy atom. The van der Waals surface area contributed by atoms with E-state index in [0.29, 0.717) is 35.2 Å². The molecule has 32 heavy (non-hydrogen) atoms. The second-order valence-electron chi connectivity index (χ2n) is 7.94. The van der Waals surface area contributed by atoms with E-state index in [1.165, 1.54) is 4.57 Å². The normalized spacial score (nSPS) is 16.5. The van der Waals surface area contributed by atoms with Crippen molar-refractivity contribution in [2.75, 3.05) is 18.4 Å². The minimum Gasteiger partial charge on any atom is -0.348 e. The second kappa shape index (κ2) is 7.81. The van der Waals surface area contributed by atoms with Crippen molar-refractivity contribution in [1.29, 1.82) is 0 Å². The van der Waals surface area contributed by atoms with Gasteiger partial charge < -0.3 is 14.8 Å². The molecule has 1 N–H and O–H groups in total. The number of nitrogens with one attached hydrogen (secondary N) is 1. The maximum Gasteiger partial charge on any atom is 0.256 e. The maximum absolute atomic E-state index is 13.0. The van der Waals surface area contributed by atoms with Crippen LogP contribution >= 0.6 is 0 Å². The Morgan fingerprint density at radius 2 is 2.12 bits per heavy atom. The molecule has 1 fully saturated rings. The molecule has 0 spiro atoms. The Kier molecular flexibility index (Phi) is 4.95. The van der Waals surface area contributed by atoms with Crippen molar-refractivity contribution < 1.29 is 13.6 Å². The van der Waals surface area contributed by atoms with Gasteiger partial charge in [-0.1, -0.05) is 0 Å². The molecule has 0 aliphatic carbocycles. The maximum atomic E-state index is 13.0. The molecular formula is C21H22F2N8O. The Morgan fingerprint density at radius 3 is 2.88 bits per heavy atom. The molecular weight excluding hydrogens is 418 g/mol. The van der Waals surface area contributed by atoms with Crippen molar-refractivity contribution in [3.8, 4) is 11.3 Å². The van der Waals surface area contributed by atoms with Crippen LogP contribution in [0.1, 0.15) is 19.2 Å². The smallest absolute Gasteiger partial charge is 0.256 e. The van der Waals surface area contributed by atoms with Gasteiger partial charge in [-0.25, -0.2) is 28.2 Å². The van der Waals surface area contributed by atoms with E-state index in [2.05, 4.69) is 25.4 Å². The van der Waals surface area contributed by atoms with E-state index >= 15 is 0 Å². The number of likely N-dealkylation sites (tertiary alicyclic amines) is 1. The van der Waals surface area contributed by atoms with Crippen molar-refractivity contribution in [2.45, 2.75) is 39.3 Å². The van der Waals surface area contributed by atoms with Gasteiger partial charge in [-0.05, 0) is 31.5 Å². The number of hydrogen-bond acceptors (Lipinski definition) is 6. The summed E-state index contributed by atoms with van der Waals surface area (Å²) >= 11 is 0. The first-order valence-electron chi connectivity index (χ1n) is 10.4. The minimum atomic E-state index is -2.49. The van der Waals surface area contributed by atoms with Gasteiger partial charge in [0.05, 0.1) is 24.0 Å². The van der Waals surface area contributed by atoms with Crippen molar-refractivity contribution in [3.63, 3.8) is 0 Å². The summed E-state index contributed by atoms with van der Waals surface area (Å²) in [5.41, 5.74) is 3.18. The van der Waals surface area contributed by atoms with Gasteiger partial charge in [-0.15, -0.1) is 5.10 Å². The van der Waals surface area contributed by atoms with E-state index in [4.69, 9.17) is 0 Å². The molecule has 0 radical (unpaired) electrons. The van der Waals surface area contributed by atoms with E-state index in [9.17, 15) is 13.6 Å². The highest BCUT2D eigenvalue weighted by Crippen LogP contribution is 2.26. The van der Waals surface area contributed by atoms with Crippen LogP contribution in [0.4, 0.5) is 14.7 Å². The molecule has 1 saturated heterocycles. The molecule has 0 saturated carbocycles. The number of carbonyl (C=O) groups excluding carboxylic acids is 1. The summed E-state index contributed by atoms with van der Waals surface area (Å²) in [5.74, 6) is 1.04. The van der Waals surface area contributed by atoms with Crippen molar-refractivity contribution in [2.24, 2.45) is 0 Å². The zero-order valence-corrected chi connectivity index (χ0v) is 17.7. The zero-order valence-electron chi connectivity index (χ0n) is 17.7. The number of carbonyl (C=O) groups is 1. The lowest BCUT2D eigenvalue weighted by atomic mass is 10.2. The molecule has 4 aromatic heterocycles. The summed E-state index contributed by atoms with van der Waals surface area (Å²) in [6.07, 6.45) is 1.86. The van der Waals surface area contributed by atoms with Crippen molar-refractivity contribution in [1.82, 2.24) is 34.0 Å². The van der Waals surface area contributed by atoms with Crippen LogP contribution in [0.25, 0.3) is 27.9 Å². The first-order chi connectivity index (χ1) is 15.4. The van der Waals surface area contributed by atoms with E-state index in [0.717, 1.165) is 24.0 Å². The third-order valence-corrected chi connectivity index (χ3v) is 5.76. The summed E-state index contributed by atoms with van der Waals surface area (Å²) in [7, 11) is 0. The van der Waals surface area contributed by atoms with Crippen LogP contribution in [0, 0.1) is 6.92 Å². The molecule has 166 valence electrons. The van der Waals surface area contributed by atoms with Crippen LogP contribution in [0.5, 0.6) is 0 Å². The number of amides is 1. The molecule has 4 aromatic rings. The van der Waals surface area contributed by atoms with Crippen LogP contribution < -0.4 is 5.32 Å². The molecule has 1 atom stereocenters. The first-order valence-corrected chi connectivity index (χ1v) is 10.4. The van der Waals surface area contributed by atoms with Crippen LogP contribution in [0.15, 0.2) is 30.6 Å². The number of fused-ring (bicyclic) bond motifs is 2. The van der Waals surface area contributed by atoms with E-state index < -0.39 is 13.0 Å². The number of imidazole rings is 1. The van der Waals surface area contributed by atoms with Gasteiger partial charge in [-0.3, -0.25) is 4.79 Å². The molecule has 0 bridgehead atoms. The third-order valence-electron chi connectivity index (χ3n) is 5.76. The molecule has 5 rings (SSSR count). The lowest BCUT2D eigenvalue weighted by molar-refractivity contribution is -0.127. The Balaban J connectivity index is 1.44. The van der Waals surface area contributed by atoms with Crippen molar-refractivity contribution >= 4 is 28.5 Å². The Hall–Kier alpha value is -3.63. The second-order valence-corrected chi connectivity index (χ2v) is 7.94. The number of alkyl halides is 2. The van der Waals surface area contributed by atoms with Crippen LogP contribution in [0.3, 0.4) is 0 Å². The number of halogens is 2. The molecule has 1 amide bonds. The van der Waals surface area contributed by atoms with Gasteiger partial charge in [0.15, 0.2) is 5.65 Å². The van der Waals surface area contributed by atoms with Crippen LogP contribution in [-0.2, 0) is 11.3 Å². The standard InChI is InChI=1S/C21H22F2N8O/c1-12-25-17-4-3-16(27-20(17)30(12)11-19(22)23)15-6-8-31-18(15)9-24-21(28-31)26-14-5-7-29(10-14)13(2)32/h3-4,6,8-9,14,19H,5,7,10-11H2,1-2H3,(H,26,28)/t14-/m0/s1. The first kappa shape index (κ1) is 20.3. The monoisotopic (exact) mass is 440 g/mol. The lowest BCUT2D eigenvalue weighted by Crippen LogP contribution is -2.30. The number of nitrogens with zero attached hydrogens (tertiary/aromatic N) is 7. The number of aryl methyl sites for hydroxylation is 1. The van der Waals surface area contributed by atoms with Gasteiger partial charge in [0.1, 0.15) is 11.3 Å². The summed E-state index contributed by atoms with van der Waals surface area (Å²) in [6, 6.07) is 5.58. The number of hydrogen-bond donors (Lipinski definition) is 1. The van der Waals surface area contributed by atoms with E-state index in [1.807, 2.05) is 18.3 Å². The van der Waals surface area contributed by atoms with Gasteiger partial charge in [0, 0.05) is 37.8 Å². The molecule has 5 heterocycles. The van der Waals surface area contributed by atoms with Gasteiger partial charge in [0.25, 0.3) is 6.43 Å². The quantitative estimate of drug-likeness (QED) is 0.513. The van der Waals surface area contributed by atoms with Gasteiger partial charge in [0.2, 0.25) is 11.9 Å². The molecule has 0 aromatic carbocycles. The topological polar surface area (TPSA) is 93.2 Å². The van der Waals surface area contributed by atoms with Crippen LogP contribution in [0.2, 0.25) is 0 Å². The third kappa shape index (κ3) is 3.63. The number of pyridine rings is 1. The molecule has 0 unspecified atom stereocenters. The molecule has 11 heteroatoms. The van der Waals surface area contributed by atoms with E-state index in [1.54, 1.807) is 35.5 Å². The highest BCUT2D eigenvalue weighted by atomic mass is 19.3. The molecule has 1 aliphatic rings. The summed E-state index contributed by atoms with van der Waals surface area (Å²) in [6.45, 7) is 4.16. The van der Waals surface area contributed by atoms with Gasteiger partial charge in [-0.2, -0.15) is 0 Å². The predicted octanol–water partition coefficient (Wildman–Crippen LogP) is 2.75. The van der Waals surface area contributed by atoms with E-state index in [-0.39, 0.29) is 11.9 Å². The summed E-state index contributed by atoms with van der Waals surface area (Å²) in [5, 5.41) is 7.81. The fourth-order valence-corrected chi connectivity index (χ4v) is 4.15. The number of rotatable bonds is 5.